The lowest BCUT2D eigenvalue weighted by atomic mass is 10.1. The largest absolute Gasteiger partial charge is 0.361 e. The van der Waals surface area contributed by atoms with Crippen molar-refractivity contribution >= 4 is 27.2 Å². The average molecular weight is 301 g/mol. The molecule has 0 unspecified atom stereocenters. The van der Waals surface area contributed by atoms with Crippen molar-refractivity contribution in [1.29, 1.82) is 0 Å². The molecule has 0 aliphatic carbocycles. The van der Waals surface area contributed by atoms with Crippen molar-refractivity contribution in [3.63, 3.8) is 0 Å². The first kappa shape index (κ1) is 13.8. The van der Waals surface area contributed by atoms with Gasteiger partial charge in [-0.25, -0.2) is 0 Å². The molecule has 6 heteroatoms. The first-order valence-electron chi connectivity index (χ1n) is 6.71. The van der Waals surface area contributed by atoms with Gasteiger partial charge in [-0.2, -0.15) is 0 Å². The summed E-state index contributed by atoms with van der Waals surface area (Å²) in [5.74, 6) is 0. The summed E-state index contributed by atoms with van der Waals surface area (Å²) < 4.78 is 0. The second-order valence-corrected chi connectivity index (χ2v) is 5.73. The Morgan fingerprint density at radius 1 is 1.33 bits per heavy atom. The Morgan fingerprint density at radius 3 is 3.00 bits per heavy atom. The van der Waals surface area contributed by atoms with E-state index in [9.17, 15) is 10.1 Å². The molecule has 0 fully saturated rings. The van der Waals surface area contributed by atoms with Crippen molar-refractivity contribution in [3.8, 4) is 0 Å². The van der Waals surface area contributed by atoms with Crippen LogP contribution in [0.1, 0.15) is 11.1 Å². The molecule has 0 atom stereocenters. The molecule has 5 nitrogen and oxygen atoms in total. The van der Waals surface area contributed by atoms with Crippen LogP contribution in [-0.4, -0.2) is 16.5 Å². The zero-order chi connectivity index (χ0) is 14.7. The van der Waals surface area contributed by atoms with Gasteiger partial charge in [-0.1, -0.05) is 29.5 Å². The monoisotopic (exact) mass is 301 g/mol. The first-order valence-corrected chi connectivity index (χ1v) is 7.59. The quantitative estimate of drug-likeness (QED) is 0.416. The Bertz CT molecular complexity index is 763. The lowest BCUT2D eigenvalue weighted by Gasteiger charge is -2.02. The minimum atomic E-state index is -0.347. The molecule has 3 aromatic rings. The van der Waals surface area contributed by atoms with Gasteiger partial charge in [0.25, 0.3) is 0 Å². The molecule has 2 aromatic heterocycles. The number of benzene rings is 1. The van der Waals surface area contributed by atoms with Crippen LogP contribution < -0.4 is 5.32 Å². The van der Waals surface area contributed by atoms with E-state index >= 15 is 0 Å². The van der Waals surface area contributed by atoms with Gasteiger partial charge in [-0.15, -0.1) is 0 Å². The van der Waals surface area contributed by atoms with Crippen LogP contribution in [0.25, 0.3) is 10.9 Å². The minimum absolute atomic E-state index is 0.198. The SMILES string of the molecule is O=[N+]([O-])c1cc(CNCCc2c[nH]c3ccccc23)cs1. The lowest BCUT2D eigenvalue weighted by Crippen LogP contribution is -2.16. The second-order valence-electron chi connectivity index (χ2n) is 4.84. The molecule has 0 saturated carbocycles. The van der Waals surface area contributed by atoms with Crippen molar-refractivity contribution in [1.82, 2.24) is 10.3 Å². The highest BCUT2D eigenvalue weighted by Gasteiger charge is 2.09. The van der Waals surface area contributed by atoms with E-state index in [0.29, 0.717) is 6.54 Å². The maximum Gasteiger partial charge on any atom is 0.324 e. The highest BCUT2D eigenvalue weighted by molar-refractivity contribution is 7.13. The third-order valence-corrected chi connectivity index (χ3v) is 4.32. The number of aromatic nitrogens is 1. The number of rotatable bonds is 6. The molecular formula is C15H15N3O2S. The number of nitrogens with zero attached hydrogens (tertiary/aromatic N) is 1. The Labute approximate surface area is 125 Å². The van der Waals surface area contributed by atoms with Gasteiger partial charge < -0.3 is 10.3 Å². The Kier molecular flexibility index (Phi) is 3.98. The van der Waals surface area contributed by atoms with Gasteiger partial charge >= 0.3 is 5.00 Å². The van der Waals surface area contributed by atoms with Crippen LogP contribution in [0.2, 0.25) is 0 Å². The lowest BCUT2D eigenvalue weighted by molar-refractivity contribution is -0.380. The highest BCUT2D eigenvalue weighted by Crippen LogP contribution is 2.22. The Morgan fingerprint density at radius 2 is 2.19 bits per heavy atom. The van der Waals surface area contributed by atoms with Gasteiger partial charge in [0.15, 0.2) is 0 Å². The van der Waals surface area contributed by atoms with E-state index in [1.54, 1.807) is 6.07 Å². The third kappa shape index (κ3) is 3.12. The van der Waals surface area contributed by atoms with E-state index < -0.39 is 0 Å². The molecule has 0 saturated heterocycles. The van der Waals surface area contributed by atoms with Crippen LogP contribution in [-0.2, 0) is 13.0 Å². The zero-order valence-electron chi connectivity index (χ0n) is 11.3. The molecule has 0 bridgehead atoms. The molecule has 2 N–H and O–H groups in total. The zero-order valence-corrected chi connectivity index (χ0v) is 12.2. The molecule has 108 valence electrons. The van der Waals surface area contributed by atoms with Crippen molar-refractivity contribution < 1.29 is 4.92 Å². The van der Waals surface area contributed by atoms with Crippen LogP contribution in [0.5, 0.6) is 0 Å². The molecule has 2 heterocycles. The van der Waals surface area contributed by atoms with Crippen molar-refractivity contribution in [2.24, 2.45) is 0 Å². The van der Waals surface area contributed by atoms with Crippen molar-refractivity contribution in [2.75, 3.05) is 6.54 Å². The summed E-state index contributed by atoms with van der Waals surface area (Å²) in [7, 11) is 0. The summed E-state index contributed by atoms with van der Waals surface area (Å²) in [6.45, 7) is 1.50. The molecule has 0 aliphatic heterocycles. The van der Waals surface area contributed by atoms with Crippen molar-refractivity contribution in [2.45, 2.75) is 13.0 Å². The van der Waals surface area contributed by atoms with Gasteiger partial charge in [0.1, 0.15) is 0 Å². The summed E-state index contributed by atoms with van der Waals surface area (Å²) in [6, 6.07) is 9.87. The number of nitro groups is 1. The number of fused-ring (bicyclic) bond motifs is 1. The van der Waals surface area contributed by atoms with Gasteiger partial charge in [-0.3, -0.25) is 10.1 Å². The molecule has 0 spiro atoms. The summed E-state index contributed by atoms with van der Waals surface area (Å²) >= 11 is 1.17. The Hall–Kier alpha value is -2.18. The number of para-hydroxylation sites is 1. The van der Waals surface area contributed by atoms with Gasteiger partial charge in [0.2, 0.25) is 0 Å². The maximum absolute atomic E-state index is 10.6. The molecular weight excluding hydrogens is 286 g/mol. The Balaban J connectivity index is 1.53. The number of hydrogen-bond acceptors (Lipinski definition) is 4. The maximum atomic E-state index is 10.6. The smallest absolute Gasteiger partial charge is 0.324 e. The first-order chi connectivity index (χ1) is 10.2. The van der Waals surface area contributed by atoms with Crippen LogP contribution in [0.3, 0.4) is 0 Å². The number of H-pyrrole nitrogens is 1. The second kappa shape index (κ2) is 6.07. The summed E-state index contributed by atoms with van der Waals surface area (Å²) in [5.41, 5.74) is 3.40. The van der Waals surface area contributed by atoms with E-state index in [0.717, 1.165) is 24.0 Å². The standard InChI is InChI=1S/C15H15N3O2S/c19-18(20)15-7-11(10-21-15)8-16-6-5-12-9-17-14-4-2-1-3-13(12)14/h1-4,7,9-10,16-17H,5-6,8H2. The molecule has 0 amide bonds. The molecule has 21 heavy (non-hydrogen) atoms. The van der Waals surface area contributed by atoms with E-state index in [-0.39, 0.29) is 9.92 Å². The summed E-state index contributed by atoms with van der Waals surface area (Å²) in [6.07, 6.45) is 2.97. The topological polar surface area (TPSA) is 71.0 Å². The minimum Gasteiger partial charge on any atom is -0.361 e. The predicted octanol–water partition coefficient (Wildman–Crippen LogP) is 3.47. The fraction of sp³-hybridized carbons (Fsp3) is 0.200. The van der Waals surface area contributed by atoms with Crippen molar-refractivity contribution in [3.05, 3.63) is 63.1 Å². The van der Waals surface area contributed by atoms with E-state index in [4.69, 9.17) is 0 Å². The highest BCUT2D eigenvalue weighted by atomic mass is 32.1. The number of aromatic amines is 1. The van der Waals surface area contributed by atoms with Crippen LogP contribution in [0.4, 0.5) is 5.00 Å². The van der Waals surface area contributed by atoms with Crippen LogP contribution in [0.15, 0.2) is 41.9 Å². The summed E-state index contributed by atoms with van der Waals surface area (Å²) in [4.78, 5) is 13.5. The van der Waals surface area contributed by atoms with Crippen LogP contribution >= 0.6 is 11.3 Å². The van der Waals surface area contributed by atoms with Gasteiger partial charge in [0.05, 0.1) is 4.92 Å². The fourth-order valence-corrected chi connectivity index (χ4v) is 3.07. The van der Waals surface area contributed by atoms with Gasteiger partial charge in [0, 0.05) is 35.1 Å². The number of nitrogens with one attached hydrogen (secondary N) is 2. The van der Waals surface area contributed by atoms with E-state index in [1.807, 2.05) is 23.7 Å². The number of hydrogen-bond donors (Lipinski definition) is 2. The number of thiophene rings is 1. The fourth-order valence-electron chi connectivity index (χ4n) is 2.35. The third-order valence-electron chi connectivity index (χ3n) is 3.40. The predicted molar refractivity (Wildman–Crippen MR) is 84.7 cm³/mol. The van der Waals surface area contributed by atoms with E-state index in [1.165, 1.54) is 22.3 Å². The molecule has 3 rings (SSSR count). The molecule has 1 aromatic carbocycles. The van der Waals surface area contributed by atoms with E-state index in [2.05, 4.69) is 22.4 Å². The normalized spacial score (nSPS) is 11.0. The van der Waals surface area contributed by atoms with Crippen LogP contribution in [0, 0.1) is 10.1 Å². The average Bonchev–Trinajstić information content (AvgIpc) is 3.11. The van der Waals surface area contributed by atoms with Gasteiger partial charge in [-0.05, 0) is 30.2 Å². The summed E-state index contributed by atoms with van der Waals surface area (Å²) in [5, 5.41) is 17.2. The molecule has 0 radical (unpaired) electrons. The molecule has 0 aliphatic rings.